The maximum Gasteiger partial charge on any atom is 0.314 e. The van der Waals surface area contributed by atoms with Crippen LogP contribution in [0.2, 0.25) is 0 Å². The Morgan fingerprint density at radius 2 is 2.05 bits per heavy atom. The van der Waals surface area contributed by atoms with E-state index in [9.17, 15) is 4.79 Å². The van der Waals surface area contributed by atoms with Gasteiger partial charge in [0.1, 0.15) is 0 Å². The Balaban J connectivity index is 2.14. The molecule has 0 aliphatic rings. The third-order valence-corrected chi connectivity index (χ3v) is 4.03. The quantitative estimate of drug-likeness (QED) is 0.651. The number of urea groups is 1. The zero-order valence-electron chi connectivity index (χ0n) is 14.6. The van der Waals surface area contributed by atoms with Gasteiger partial charge in [-0.1, -0.05) is 33.1 Å². The first-order valence-electron chi connectivity index (χ1n) is 8.59. The van der Waals surface area contributed by atoms with E-state index in [4.69, 9.17) is 0 Å². The van der Waals surface area contributed by atoms with Crippen LogP contribution in [-0.4, -0.2) is 28.9 Å². The van der Waals surface area contributed by atoms with Crippen LogP contribution in [0, 0.1) is 19.8 Å². The van der Waals surface area contributed by atoms with Crippen molar-refractivity contribution in [2.75, 3.05) is 13.1 Å². The van der Waals surface area contributed by atoms with Crippen molar-refractivity contribution in [2.24, 2.45) is 5.92 Å². The van der Waals surface area contributed by atoms with Gasteiger partial charge < -0.3 is 10.6 Å². The Labute approximate surface area is 134 Å². The van der Waals surface area contributed by atoms with Crippen LogP contribution in [0.3, 0.4) is 0 Å². The Morgan fingerprint density at radius 1 is 1.27 bits per heavy atom. The largest absolute Gasteiger partial charge is 0.338 e. The van der Waals surface area contributed by atoms with Crippen LogP contribution in [0.4, 0.5) is 4.79 Å². The first-order chi connectivity index (χ1) is 10.6. The third kappa shape index (κ3) is 6.96. The van der Waals surface area contributed by atoms with Gasteiger partial charge in [-0.05, 0) is 38.7 Å². The van der Waals surface area contributed by atoms with Crippen molar-refractivity contribution >= 4 is 6.03 Å². The number of aromatic nitrogens is 2. The van der Waals surface area contributed by atoms with Crippen LogP contribution >= 0.6 is 0 Å². The van der Waals surface area contributed by atoms with Crippen molar-refractivity contribution in [1.29, 1.82) is 0 Å². The molecule has 1 unspecified atom stereocenters. The number of nitrogens with zero attached hydrogens (tertiary/aromatic N) is 2. The van der Waals surface area contributed by atoms with E-state index < -0.39 is 0 Å². The van der Waals surface area contributed by atoms with Crippen LogP contribution in [0.1, 0.15) is 57.3 Å². The fourth-order valence-electron chi connectivity index (χ4n) is 2.57. The lowest BCUT2D eigenvalue weighted by atomic mass is 9.99. The predicted octanol–water partition coefficient (Wildman–Crippen LogP) is 3.41. The monoisotopic (exact) mass is 308 g/mol. The molecule has 126 valence electrons. The number of unbranched alkanes of at least 4 members (excludes halogenated alkanes) is 1. The van der Waals surface area contributed by atoms with Gasteiger partial charge in [-0.25, -0.2) is 4.79 Å². The number of hydrogen-bond donors (Lipinski definition) is 2. The van der Waals surface area contributed by atoms with E-state index in [-0.39, 0.29) is 6.03 Å². The highest BCUT2D eigenvalue weighted by Crippen LogP contribution is 2.10. The molecular formula is C17H32N4O. The van der Waals surface area contributed by atoms with Crippen LogP contribution < -0.4 is 10.6 Å². The first kappa shape index (κ1) is 18.5. The Morgan fingerprint density at radius 3 is 2.64 bits per heavy atom. The zero-order chi connectivity index (χ0) is 16.4. The molecule has 0 bridgehead atoms. The van der Waals surface area contributed by atoms with E-state index in [0.29, 0.717) is 12.5 Å². The summed E-state index contributed by atoms with van der Waals surface area (Å²) in [5.74, 6) is 0.598. The van der Waals surface area contributed by atoms with E-state index in [1.165, 1.54) is 25.0 Å². The SMILES string of the molecule is CCCCC(CC)CNC(=O)NCCCn1nc(C)cc1C. The maximum absolute atomic E-state index is 11.8. The number of carbonyl (C=O) groups excluding carboxylic acids is 1. The molecule has 0 radical (unpaired) electrons. The molecule has 1 rings (SSSR count). The Bertz CT molecular complexity index is 442. The summed E-state index contributed by atoms with van der Waals surface area (Å²) in [7, 11) is 0. The lowest BCUT2D eigenvalue weighted by Gasteiger charge is -2.15. The smallest absolute Gasteiger partial charge is 0.314 e. The molecule has 5 nitrogen and oxygen atoms in total. The van der Waals surface area contributed by atoms with Gasteiger partial charge in [-0.2, -0.15) is 5.10 Å². The molecule has 0 saturated heterocycles. The summed E-state index contributed by atoms with van der Waals surface area (Å²) in [4.78, 5) is 11.8. The van der Waals surface area contributed by atoms with E-state index in [1.54, 1.807) is 0 Å². The fraction of sp³-hybridized carbons (Fsp3) is 0.765. The summed E-state index contributed by atoms with van der Waals surface area (Å²) in [6.07, 6.45) is 5.67. The zero-order valence-corrected chi connectivity index (χ0v) is 14.6. The summed E-state index contributed by atoms with van der Waals surface area (Å²) in [6, 6.07) is 2.02. The summed E-state index contributed by atoms with van der Waals surface area (Å²) < 4.78 is 1.99. The Hall–Kier alpha value is -1.52. The molecule has 1 aromatic rings. The molecule has 0 saturated carbocycles. The Kier molecular flexibility index (Phi) is 8.63. The van der Waals surface area contributed by atoms with Gasteiger partial charge in [0, 0.05) is 25.3 Å². The number of nitrogens with one attached hydrogen (secondary N) is 2. The third-order valence-electron chi connectivity index (χ3n) is 4.03. The molecule has 5 heteroatoms. The molecular weight excluding hydrogens is 276 g/mol. The molecule has 22 heavy (non-hydrogen) atoms. The molecule has 2 amide bonds. The minimum absolute atomic E-state index is 0.0525. The highest BCUT2D eigenvalue weighted by molar-refractivity contribution is 5.73. The van der Waals surface area contributed by atoms with Gasteiger partial charge in [0.2, 0.25) is 0 Å². The molecule has 1 aromatic heterocycles. The van der Waals surface area contributed by atoms with Crippen molar-refractivity contribution in [3.8, 4) is 0 Å². The van der Waals surface area contributed by atoms with Gasteiger partial charge in [0.25, 0.3) is 0 Å². The number of rotatable bonds is 10. The summed E-state index contributed by atoms with van der Waals surface area (Å²) in [5.41, 5.74) is 2.21. The standard InChI is InChI=1S/C17H32N4O/c1-5-7-9-16(6-2)13-19-17(22)18-10-8-11-21-15(4)12-14(3)20-21/h12,16H,5-11,13H2,1-4H3,(H2,18,19,22). The van der Waals surface area contributed by atoms with Gasteiger partial charge in [0.15, 0.2) is 0 Å². The lowest BCUT2D eigenvalue weighted by Crippen LogP contribution is -2.38. The lowest BCUT2D eigenvalue weighted by molar-refractivity contribution is 0.237. The highest BCUT2D eigenvalue weighted by atomic mass is 16.2. The average Bonchev–Trinajstić information content (AvgIpc) is 2.82. The molecule has 0 spiro atoms. The molecule has 1 atom stereocenters. The van der Waals surface area contributed by atoms with Crippen LogP contribution in [-0.2, 0) is 6.54 Å². The minimum atomic E-state index is -0.0525. The van der Waals surface area contributed by atoms with Crippen molar-refractivity contribution < 1.29 is 4.79 Å². The maximum atomic E-state index is 11.8. The molecule has 2 N–H and O–H groups in total. The molecule has 1 heterocycles. The average molecular weight is 308 g/mol. The number of aryl methyl sites for hydroxylation is 3. The first-order valence-corrected chi connectivity index (χ1v) is 8.59. The van der Waals surface area contributed by atoms with E-state index in [1.807, 2.05) is 11.6 Å². The molecule has 0 aliphatic carbocycles. The molecule has 0 aromatic carbocycles. The normalized spacial score (nSPS) is 12.2. The van der Waals surface area contributed by atoms with Gasteiger partial charge >= 0.3 is 6.03 Å². The second-order valence-electron chi connectivity index (χ2n) is 6.06. The van der Waals surface area contributed by atoms with Crippen molar-refractivity contribution in [2.45, 2.75) is 66.3 Å². The van der Waals surface area contributed by atoms with Crippen LogP contribution in [0.25, 0.3) is 0 Å². The topological polar surface area (TPSA) is 59.0 Å². The molecule has 0 aliphatic heterocycles. The van der Waals surface area contributed by atoms with Gasteiger partial charge in [-0.3, -0.25) is 4.68 Å². The summed E-state index contributed by atoms with van der Waals surface area (Å²) in [6.45, 7) is 10.7. The van der Waals surface area contributed by atoms with E-state index in [2.05, 4.69) is 42.6 Å². The minimum Gasteiger partial charge on any atom is -0.338 e. The van der Waals surface area contributed by atoms with E-state index in [0.717, 1.165) is 31.6 Å². The van der Waals surface area contributed by atoms with E-state index >= 15 is 0 Å². The predicted molar refractivity (Wildman–Crippen MR) is 91.0 cm³/mol. The fourth-order valence-corrected chi connectivity index (χ4v) is 2.57. The van der Waals surface area contributed by atoms with Gasteiger partial charge in [0.05, 0.1) is 5.69 Å². The number of carbonyl (C=O) groups is 1. The number of amides is 2. The van der Waals surface area contributed by atoms with Crippen molar-refractivity contribution in [3.05, 3.63) is 17.5 Å². The highest BCUT2D eigenvalue weighted by Gasteiger charge is 2.08. The van der Waals surface area contributed by atoms with Crippen molar-refractivity contribution in [3.63, 3.8) is 0 Å². The second-order valence-corrected chi connectivity index (χ2v) is 6.06. The number of hydrogen-bond acceptors (Lipinski definition) is 2. The van der Waals surface area contributed by atoms with Crippen LogP contribution in [0.15, 0.2) is 6.07 Å². The summed E-state index contributed by atoms with van der Waals surface area (Å²) >= 11 is 0. The van der Waals surface area contributed by atoms with Crippen LogP contribution in [0.5, 0.6) is 0 Å². The summed E-state index contributed by atoms with van der Waals surface area (Å²) in [5, 5.41) is 10.3. The van der Waals surface area contributed by atoms with Gasteiger partial charge in [-0.15, -0.1) is 0 Å². The van der Waals surface area contributed by atoms with Crippen molar-refractivity contribution in [1.82, 2.24) is 20.4 Å². The second kappa shape index (κ2) is 10.2. The molecule has 0 fully saturated rings.